The van der Waals surface area contributed by atoms with Crippen molar-refractivity contribution in [3.8, 4) is 0 Å². The number of hydrogen-bond acceptors (Lipinski definition) is 15. The Morgan fingerprint density at radius 1 is 0.300 bits per heavy atom. The first-order valence-corrected chi connectivity index (χ1v) is 40.1. The van der Waals surface area contributed by atoms with Crippen molar-refractivity contribution in [3.63, 3.8) is 0 Å². The molecular formula is C71H138O17P2. The fraction of sp³-hybridized carbons (Fsp3) is 0.944. The number of phosphoric acid groups is 2. The molecule has 0 aromatic carbocycles. The molecule has 0 aliphatic rings. The summed E-state index contributed by atoms with van der Waals surface area (Å²) in [6.45, 7) is 7.20. The van der Waals surface area contributed by atoms with Crippen LogP contribution in [0.25, 0.3) is 0 Å². The fourth-order valence-corrected chi connectivity index (χ4v) is 12.4. The van der Waals surface area contributed by atoms with Gasteiger partial charge in [-0.1, -0.05) is 317 Å². The van der Waals surface area contributed by atoms with Crippen LogP contribution in [0.5, 0.6) is 0 Å². The van der Waals surface area contributed by atoms with Gasteiger partial charge in [-0.05, 0) is 31.6 Å². The van der Waals surface area contributed by atoms with Crippen LogP contribution in [0.15, 0.2) is 0 Å². The highest BCUT2D eigenvalue weighted by atomic mass is 31.2. The van der Waals surface area contributed by atoms with Crippen molar-refractivity contribution in [3.05, 3.63) is 0 Å². The summed E-state index contributed by atoms with van der Waals surface area (Å²) < 4.78 is 68.1. The SMILES string of the molecule is CCCCCCCCCCCCCCCCCCCC(=O)OC[C@H](COP(=O)(O)OC[C@@H](O)COP(=O)(O)OC[C@@H](COC(=O)CCCCCCCCC)OC(=O)CCCCCCCCC)OC(=O)CCCCCCCCCCCCCCCCCCC(C)C. The van der Waals surface area contributed by atoms with Gasteiger partial charge in [0.25, 0.3) is 0 Å². The second-order valence-electron chi connectivity index (χ2n) is 26.1. The number of hydrogen-bond donors (Lipinski definition) is 3. The largest absolute Gasteiger partial charge is 0.472 e. The van der Waals surface area contributed by atoms with Crippen molar-refractivity contribution < 1.29 is 80.2 Å². The van der Waals surface area contributed by atoms with Gasteiger partial charge in [0.05, 0.1) is 26.4 Å². The lowest BCUT2D eigenvalue weighted by Crippen LogP contribution is -2.30. The lowest BCUT2D eigenvalue weighted by molar-refractivity contribution is -0.161. The lowest BCUT2D eigenvalue weighted by Gasteiger charge is -2.21. The predicted octanol–water partition coefficient (Wildman–Crippen LogP) is 20.5. The van der Waals surface area contributed by atoms with Gasteiger partial charge in [0, 0.05) is 25.7 Å². The molecule has 5 atom stereocenters. The standard InChI is InChI=1S/C71H138O17P2/c1-6-9-12-15-18-19-20-21-22-23-27-30-33-36-41-45-50-55-69(74)82-61-67(88-71(76)57-52-47-42-37-34-31-28-25-24-26-29-32-35-40-43-48-53-64(4)5)63-86-90(79,80)84-59-65(72)58-83-89(77,78)85-62-66(87-70(75)56-51-46-39-17-14-11-8-3)60-81-68(73)54-49-44-38-16-13-10-7-2/h64-67,72H,6-63H2,1-5H3,(H,77,78)(H,79,80)/t65-,66+,67+/m0/s1. The molecule has 534 valence electrons. The van der Waals surface area contributed by atoms with E-state index in [1.165, 1.54) is 167 Å². The fourth-order valence-electron chi connectivity index (χ4n) is 10.8. The summed E-state index contributed by atoms with van der Waals surface area (Å²) in [5.74, 6) is -1.32. The number of aliphatic hydroxyl groups excluding tert-OH is 1. The van der Waals surface area contributed by atoms with Crippen LogP contribution >= 0.6 is 15.6 Å². The molecule has 0 saturated heterocycles. The zero-order valence-electron chi connectivity index (χ0n) is 58.3. The number of esters is 4. The van der Waals surface area contributed by atoms with E-state index in [9.17, 15) is 43.2 Å². The highest BCUT2D eigenvalue weighted by Gasteiger charge is 2.30. The van der Waals surface area contributed by atoms with Crippen LogP contribution in [0.3, 0.4) is 0 Å². The molecule has 0 aliphatic heterocycles. The first kappa shape index (κ1) is 88.1. The Labute approximate surface area is 549 Å². The zero-order valence-corrected chi connectivity index (χ0v) is 60.1. The molecule has 3 N–H and O–H groups in total. The van der Waals surface area contributed by atoms with Gasteiger partial charge < -0.3 is 33.8 Å². The average molecular weight is 1330 g/mol. The molecule has 0 heterocycles. The molecule has 0 spiro atoms. The van der Waals surface area contributed by atoms with E-state index in [0.717, 1.165) is 121 Å². The number of carbonyl (C=O) groups excluding carboxylic acids is 4. The van der Waals surface area contributed by atoms with E-state index < -0.39 is 97.5 Å². The van der Waals surface area contributed by atoms with E-state index in [-0.39, 0.29) is 25.7 Å². The topological polar surface area (TPSA) is 237 Å². The second-order valence-corrected chi connectivity index (χ2v) is 29.0. The minimum Gasteiger partial charge on any atom is -0.462 e. The molecule has 19 heteroatoms. The Kier molecular flexibility index (Phi) is 63.0. The molecule has 0 aliphatic carbocycles. The molecule has 0 bridgehead atoms. The Morgan fingerprint density at radius 3 is 0.756 bits per heavy atom. The number of rotatable bonds is 71. The number of phosphoric ester groups is 2. The highest BCUT2D eigenvalue weighted by molar-refractivity contribution is 7.47. The van der Waals surface area contributed by atoms with Crippen LogP contribution in [0, 0.1) is 5.92 Å². The maximum Gasteiger partial charge on any atom is 0.472 e. The van der Waals surface area contributed by atoms with Crippen molar-refractivity contribution in [2.24, 2.45) is 5.92 Å². The van der Waals surface area contributed by atoms with Gasteiger partial charge in [-0.2, -0.15) is 0 Å². The molecule has 2 unspecified atom stereocenters. The molecule has 0 amide bonds. The quantitative estimate of drug-likeness (QED) is 0.0222. The van der Waals surface area contributed by atoms with E-state index in [1.54, 1.807) is 0 Å². The molecule has 0 aromatic rings. The van der Waals surface area contributed by atoms with Gasteiger partial charge in [0.2, 0.25) is 0 Å². The van der Waals surface area contributed by atoms with Crippen molar-refractivity contribution in [1.82, 2.24) is 0 Å². The first-order valence-electron chi connectivity index (χ1n) is 37.1. The molecule has 0 fully saturated rings. The summed E-state index contributed by atoms with van der Waals surface area (Å²) in [6, 6.07) is 0. The minimum absolute atomic E-state index is 0.104. The summed E-state index contributed by atoms with van der Waals surface area (Å²) in [7, 11) is -9.89. The summed E-state index contributed by atoms with van der Waals surface area (Å²) in [5.41, 5.74) is 0. The number of aliphatic hydroxyl groups is 1. The van der Waals surface area contributed by atoms with E-state index in [2.05, 4.69) is 34.6 Å². The van der Waals surface area contributed by atoms with E-state index in [0.29, 0.717) is 25.7 Å². The third kappa shape index (κ3) is 64.8. The van der Waals surface area contributed by atoms with Gasteiger partial charge in [0.1, 0.15) is 19.3 Å². The molecule has 0 radical (unpaired) electrons. The highest BCUT2D eigenvalue weighted by Crippen LogP contribution is 2.45. The van der Waals surface area contributed by atoms with Crippen LogP contribution in [-0.4, -0.2) is 96.7 Å². The number of ether oxygens (including phenoxy) is 4. The Morgan fingerprint density at radius 2 is 0.511 bits per heavy atom. The summed E-state index contributed by atoms with van der Waals surface area (Å²) in [6.07, 6.45) is 51.7. The Hall–Kier alpha value is -1.94. The summed E-state index contributed by atoms with van der Waals surface area (Å²) >= 11 is 0. The maximum atomic E-state index is 13.0. The van der Waals surface area contributed by atoms with Crippen molar-refractivity contribution in [2.45, 2.75) is 387 Å². The monoisotopic (exact) mass is 1320 g/mol. The van der Waals surface area contributed by atoms with Crippen molar-refractivity contribution in [1.29, 1.82) is 0 Å². The minimum atomic E-state index is -4.95. The van der Waals surface area contributed by atoms with Gasteiger partial charge in [-0.3, -0.25) is 37.3 Å². The average Bonchev–Trinajstić information content (AvgIpc) is 3.72. The number of unbranched alkanes of at least 4 members (excludes halogenated alkanes) is 43. The summed E-state index contributed by atoms with van der Waals surface area (Å²) in [5, 5.41) is 10.6. The third-order valence-electron chi connectivity index (χ3n) is 16.5. The van der Waals surface area contributed by atoms with Crippen LogP contribution in [0.2, 0.25) is 0 Å². The normalized spacial score (nSPS) is 14.1. The predicted molar refractivity (Wildman–Crippen MR) is 363 cm³/mol. The van der Waals surface area contributed by atoms with Crippen LogP contribution in [-0.2, 0) is 65.4 Å². The van der Waals surface area contributed by atoms with Crippen molar-refractivity contribution >= 4 is 39.5 Å². The van der Waals surface area contributed by atoms with Crippen LogP contribution in [0.1, 0.15) is 369 Å². The van der Waals surface area contributed by atoms with E-state index in [4.69, 9.17) is 37.0 Å². The molecular weight excluding hydrogens is 1190 g/mol. The first-order chi connectivity index (χ1) is 43.5. The van der Waals surface area contributed by atoms with Crippen LogP contribution < -0.4 is 0 Å². The molecule has 90 heavy (non-hydrogen) atoms. The van der Waals surface area contributed by atoms with E-state index >= 15 is 0 Å². The number of carbonyl (C=O) groups is 4. The van der Waals surface area contributed by atoms with Crippen molar-refractivity contribution in [2.75, 3.05) is 39.6 Å². The molecule has 0 rings (SSSR count). The van der Waals surface area contributed by atoms with E-state index in [1.807, 2.05) is 0 Å². The lowest BCUT2D eigenvalue weighted by atomic mass is 10.0. The molecule has 0 aromatic heterocycles. The summed E-state index contributed by atoms with van der Waals surface area (Å²) in [4.78, 5) is 72.3. The molecule has 17 nitrogen and oxygen atoms in total. The zero-order chi connectivity index (χ0) is 66.3. The van der Waals surface area contributed by atoms with Gasteiger partial charge in [0.15, 0.2) is 12.2 Å². The molecule has 0 saturated carbocycles. The maximum absolute atomic E-state index is 13.0. The van der Waals surface area contributed by atoms with Gasteiger partial charge >= 0.3 is 39.5 Å². The second kappa shape index (κ2) is 64.4. The van der Waals surface area contributed by atoms with Gasteiger partial charge in [-0.15, -0.1) is 0 Å². The smallest absolute Gasteiger partial charge is 0.462 e. The van der Waals surface area contributed by atoms with Gasteiger partial charge in [-0.25, -0.2) is 9.13 Å². The third-order valence-corrected chi connectivity index (χ3v) is 18.4. The Balaban J connectivity index is 5.13. The Bertz CT molecular complexity index is 1740. The van der Waals surface area contributed by atoms with Crippen LogP contribution in [0.4, 0.5) is 0 Å².